The van der Waals surface area contributed by atoms with Crippen molar-refractivity contribution in [2.24, 2.45) is 0 Å². The fraction of sp³-hybridized carbons (Fsp3) is 0.438. The van der Waals surface area contributed by atoms with E-state index in [-0.39, 0.29) is 11.8 Å². The first-order valence-electron chi connectivity index (χ1n) is 6.82. The molecule has 0 aliphatic carbocycles. The second-order valence-electron chi connectivity index (χ2n) is 6.19. The number of aliphatic hydroxyl groups excluding tert-OH is 1. The molecule has 0 saturated carbocycles. The molecule has 0 amide bonds. The number of thiazole rings is 1. The van der Waals surface area contributed by atoms with E-state index in [1.54, 1.807) is 0 Å². The van der Waals surface area contributed by atoms with Gasteiger partial charge in [-0.1, -0.05) is 26.8 Å². The molecule has 114 valence electrons. The van der Waals surface area contributed by atoms with Gasteiger partial charge in [-0.25, -0.2) is 13.8 Å². The number of aromatic nitrogens is 1. The van der Waals surface area contributed by atoms with Gasteiger partial charge >= 0.3 is 0 Å². The molecule has 0 saturated heterocycles. The maximum absolute atomic E-state index is 13.1. The maximum atomic E-state index is 13.1. The van der Waals surface area contributed by atoms with Crippen LogP contribution in [0, 0.1) is 11.6 Å². The van der Waals surface area contributed by atoms with Crippen LogP contribution in [0.15, 0.2) is 23.6 Å². The van der Waals surface area contributed by atoms with Gasteiger partial charge in [-0.05, 0) is 24.1 Å². The molecule has 0 fully saturated rings. The zero-order chi connectivity index (χ0) is 15.6. The van der Waals surface area contributed by atoms with E-state index in [2.05, 4.69) is 25.8 Å². The number of benzene rings is 1. The first-order chi connectivity index (χ1) is 9.75. The summed E-state index contributed by atoms with van der Waals surface area (Å²) in [6.45, 7) is 6.26. The molecule has 5 heteroatoms. The van der Waals surface area contributed by atoms with Gasteiger partial charge in [0.25, 0.3) is 0 Å². The quantitative estimate of drug-likeness (QED) is 0.930. The summed E-state index contributed by atoms with van der Waals surface area (Å²) in [5.41, 5.74) is 1.57. The topological polar surface area (TPSA) is 33.1 Å². The van der Waals surface area contributed by atoms with Crippen LogP contribution in [0.4, 0.5) is 8.78 Å². The number of halogens is 2. The van der Waals surface area contributed by atoms with Crippen LogP contribution in [-0.4, -0.2) is 16.2 Å². The van der Waals surface area contributed by atoms with Crippen molar-refractivity contribution in [3.63, 3.8) is 0 Å². The van der Waals surface area contributed by atoms with Crippen molar-refractivity contribution in [2.75, 3.05) is 0 Å². The minimum Gasteiger partial charge on any atom is -0.392 e. The monoisotopic (exact) mass is 311 g/mol. The number of hydrogen-bond donors (Lipinski definition) is 1. The smallest absolute Gasteiger partial charge is 0.159 e. The van der Waals surface area contributed by atoms with E-state index in [0.29, 0.717) is 12.0 Å². The minimum absolute atomic E-state index is 0.0141. The Labute approximate surface area is 127 Å². The molecule has 2 rings (SSSR count). The Bertz CT molecular complexity index is 619. The van der Waals surface area contributed by atoms with Gasteiger partial charge in [-0.2, -0.15) is 0 Å². The Balaban J connectivity index is 1.99. The van der Waals surface area contributed by atoms with Crippen molar-refractivity contribution >= 4 is 11.3 Å². The van der Waals surface area contributed by atoms with Gasteiger partial charge in [0, 0.05) is 17.2 Å². The van der Waals surface area contributed by atoms with E-state index in [1.165, 1.54) is 17.4 Å². The molecule has 21 heavy (non-hydrogen) atoms. The fourth-order valence-electron chi connectivity index (χ4n) is 1.96. The molecule has 2 nitrogen and oxygen atoms in total. The molecule has 1 N–H and O–H groups in total. The third kappa shape index (κ3) is 4.32. The molecule has 1 atom stereocenters. The average Bonchev–Trinajstić information content (AvgIpc) is 2.82. The summed E-state index contributed by atoms with van der Waals surface area (Å²) in [5.74, 6) is -1.76. The summed E-state index contributed by atoms with van der Waals surface area (Å²) >= 11 is 1.52. The SMILES string of the molecule is CC(C)(C)c1csc(CC(O)Cc2ccc(F)c(F)c2)n1. The van der Waals surface area contributed by atoms with Gasteiger partial charge in [0.05, 0.1) is 16.8 Å². The predicted molar refractivity (Wildman–Crippen MR) is 80.6 cm³/mol. The minimum atomic E-state index is -0.885. The highest BCUT2D eigenvalue weighted by Crippen LogP contribution is 2.24. The van der Waals surface area contributed by atoms with Crippen LogP contribution in [0.25, 0.3) is 0 Å². The lowest BCUT2D eigenvalue weighted by atomic mass is 9.93. The lowest BCUT2D eigenvalue weighted by Crippen LogP contribution is -2.15. The Morgan fingerprint density at radius 3 is 2.48 bits per heavy atom. The van der Waals surface area contributed by atoms with Gasteiger partial charge in [-0.15, -0.1) is 11.3 Å². The summed E-state index contributed by atoms with van der Waals surface area (Å²) in [5, 5.41) is 12.9. The average molecular weight is 311 g/mol. The second kappa shape index (κ2) is 6.20. The normalized spacial score (nSPS) is 13.4. The standard InChI is InChI=1S/C16H19F2NOS/c1-16(2,3)14-9-21-15(19-14)8-11(20)6-10-4-5-12(17)13(18)7-10/h4-5,7,9,11,20H,6,8H2,1-3H3. The Morgan fingerprint density at radius 1 is 1.19 bits per heavy atom. The Kier molecular flexibility index (Phi) is 4.74. The van der Waals surface area contributed by atoms with E-state index in [1.807, 2.05) is 5.38 Å². The lowest BCUT2D eigenvalue weighted by molar-refractivity contribution is 0.175. The van der Waals surface area contributed by atoms with Gasteiger partial charge < -0.3 is 5.11 Å². The number of hydrogen-bond acceptors (Lipinski definition) is 3. The summed E-state index contributed by atoms with van der Waals surface area (Å²) in [6, 6.07) is 3.70. The predicted octanol–water partition coefficient (Wildman–Crippen LogP) is 3.86. The van der Waals surface area contributed by atoms with Gasteiger partial charge in [0.15, 0.2) is 11.6 Å². The van der Waals surface area contributed by atoms with Crippen LogP contribution >= 0.6 is 11.3 Å². The van der Waals surface area contributed by atoms with Crippen LogP contribution in [0.2, 0.25) is 0 Å². The van der Waals surface area contributed by atoms with E-state index < -0.39 is 17.7 Å². The van der Waals surface area contributed by atoms with Gasteiger partial charge in [0.1, 0.15) is 0 Å². The van der Waals surface area contributed by atoms with E-state index >= 15 is 0 Å². The van der Waals surface area contributed by atoms with Crippen LogP contribution in [0.1, 0.15) is 37.0 Å². The first kappa shape index (κ1) is 16.0. The van der Waals surface area contributed by atoms with Crippen molar-refractivity contribution in [1.82, 2.24) is 4.98 Å². The molecule has 2 aromatic rings. The van der Waals surface area contributed by atoms with Crippen molar-refractivity contribution in [2.45, 2.75) is 45.1 Å². The highest BCUT2D eigenvalue weighted by molar-refractivity contribution is 7.09. The summed E-state index contributed by atoms with van der Waals surface area (Å²) in [6.07, 6.45) is 0.0373. The van der Waals surface area contributed by atoms with Crippen LogP contribution in [-0.2, 0) is 18.3 Å². The van der Waals surface area contributed by atoms with Crippen molar-refractivity contribution in [3.05, 3.63) is 51.5 Å². The largest absolute Gasteiger partial charge is 0.392 e. The van der Waals surface area contributed by atoms with Crippen molar-refractivity contribution in [3.8, 4) is 0 Å². The highest BCUT2D eigenvalue weighted by atomic mass is 32.1. The molecule has 1 unspecified atom stereocenters. The van der Waals surface area contributed by atoms with Gasteiger partial charge in [0.2, 0.25) is 0 Å². The number of rotatable bonds is 4. The number of nitrogens with zero attached hydrogens (tertiary/aromatic N) is 1. The maximum Gasteiger partial charge on any atom is 0.159 e. The molecular weight excluding hydrogens is 292 g/mol. The highest BCUT2D eigenvalue weighted by Gasteiger charge is 2.18. The zero-order valence-electron chi connectivity index (χ0n) is 12.4. The third-order valence-electron chi connectivity index (χ3n) is 3.19. The van der Waals surface area contributed by atoms with Crippen molar-refractivity contribution in [1.29, 1.82) is 0 Å². The van der Waals surface area contributed by atoms with Crippen molar-refractivity contribution < 1.29 is 13.9 Å². The van der Waals surface area contributed by atoms with E-state index in [4.69, 9.17) is 0 Å². The summed E-state index contributed by atoms with van der Waals surface area (Å²) in [7, 11) is 0. The van der Waals surface area contributed by atoms with E-state index in [0.717, 1.165) is 22.8 Å². The molecule has 0 aliphatic rings. The lowest BCUT2D eigenvalue weighted by Gasteiger charge is -2.14. The first-order valence-corrected chi connectivity index (χ1v) is 7.70. The Morgan fingerprint density at radius 2 is 1.90 bits per heavy atom. The molecule has 0 radical (unpaired) electrons. The summed E-state index contributed by atoms with van der Waals surface area (Å²) < 4.78 is 26.0. The van der Waals surface area contributed by atoms with Crippen LogP contribution < -0.4 is 0 Å². The molecular formula is C16H19F2NOS. The molecule has 0 spiro atoms. The molecule has 1 aromatic heterocycles. The second-order valence-corrected chi connectivity index (χ2v) is 7.13. The van der Waals surface area contributed by atoms with Crippen LogP contribution in [0.3, 0.4) is 0 Å². The molecule has 0 bridgehead atoms. The van der Waals surface area contributed by atoms with Crippen LogP contribution in [0.5, 0.6) is 0 Å². The molecule has 1 aromatic carbocycles. The van der Waals surface area contributed by atoms with E-state index in [9.17, 15) is 13.9 Å². The molecule has 0 aliphatic heterocycles. The third-order valence-corrected chi connectivity index (χ3v) is 4.06. The molecule has 1 heterocycles. The fourth-order valence-corrected chi connectivity index (χ4v) is 3.06. The summed E-state index contributed by atoms with van der Waals surface area (Å²) in [4.78, 5) is 4.52. The van der Waals surface area contributed by atoms with Gasteiger partial charge in [-0.3, -0.25) is 0 Å². The number of aliphatic hydroxyl groups is 1. The zero-order valence-corrected chi connectivity index (χ0v) is 13.2. The Hall–Kier alpha value is -1.33.